The maximum absolute atomic E-state index is 13.8. The molecule has 3 heterocycles. The third-order valence-electron chi connectivity index (χ3n) is 17.8. The summed E-state index contributed by atoms with van der Waals surface area (Å²) >= 11 is 0. The highest BCUT2D eigenvalue weighted by Crippen LogP contribution is 2.34. The van der Waals surface area contributed by atoms with Crippen LogP contribution in [0, 0.1) is 0 Å². The van der Waals surface area contributed by atoms with Crippen LogP contribution in [0.1, 0.15) is 258 Å². The molecule has 0 bridgehead atoms. The van der Waals surface area contributed by atoms with Crippen LogP contribution in [-0.4, -0.2) is 216 Å². The number of aliphatic hydroxyl groups excluding tert-OH is 12. The maximum Gasteiger partial charge on any atom is 0.249 e. The molecule has 87 heavy (non-hydrogen) atoms. The summed E-state index contributed by atoms with van der Waals surface area (Å²) < 4.78 is 36.1. The van der Waals surface area contributed by atoms with Crippen LogP contribution in [0.15, 0.2) is 0 Å². The van der Waals surface area contributed by atoms with E-state index in [1.54, 1.807) is 0 Å². The van der Waals surface area contributed by atoms with Gasteiger partial charge in [-0.05, 0) is 12.8 Å². The van der Waals surface area contributed by atoms with Crippen molar-refractivity contribution in [2.45, 2.75) is 375 Å². The Kier molecular flexibility index (Phi) is 43.9. The van der Waals surface area contributed by atoms with Gasteiger partial charge < -0.3 is 100 Å². The van der Waals surface area contributed by atoms with Crippen molar-refractivity contribution in [3.63, 3.8) is 0 Å². The smallest absolute Gasteiger partial charge is 0.249 e. The van der Waals surface area contributed by atoms with Crippen LogP contribution in [0.3, 0.4) is 0 Å². The number of nitrogens with one attached hydrogen (secondary N) is 2. The normalized spacial score (nSPS) is 29.2. The number of amides is 2. The highest BCUT2D eigenvalue weighted by atomic mass is 16.8. The summed E-state index contributed by atoms with van der Waals surface area (Å²) in [6.07, 6.45) is 11.9. The van der Waals surface area contributed by atoms with Crippen molar-refractivity contribution in [3.05, 3.63) is 0 Å². The molecule has 0 radical (unpaired) electrons. The first-order valence-corrected chi connectivity index (χ1v) is 34.5. The van der Waals surface area contributed by atoms with Gasteiger partial charge in [0.2, 0.25) is 11.8 Å². The molecule has 0 spiro atoms. The molecule has 514 valence electrons. The third kappa shape index (κ3) is 30.7. The van der Waals surface area contributed by atoms with E-state index in [4.69, 9.17) is 28.4 Å². The van der Waals surface area contributed by atoms with Gasteiger partial charge in [0.1, 0.15) is 85.4 Å². The number of hydrogen-bond donors (Lipinski definition) is 14. The lowest BCUT2D eigenvalue weighted by molar-refractivity contribution is -0.387. The Balaban J connectivity index is 1.70. The van der Waals surface area contributed by atoms with Crippen molar-refractivity contribution in [2.75, 3.05) is 26.4 Å². The summed E-state index contributed by atoms with van der Waals surface area (Å²) in [6, 6.07) is -3.01. The summed E-state index contributed by atoms with van der Waals surface area (Å²) in [5.74, 6) is -1.55. The highest BCUT2D eigenvalue weighted by Gasteiger charge is 2.55. The van der Waals surface area contributed by atoms with Gasteiger partial charge in [0.15, 0.2) is 18.9 Å². The van der Waals surface area contributed by atoms with Crippen molar-refractivity contribution in [3.8, 4) is 0 Å². The molecule has 0 unspecified atom stereocenters. The number of aliphatic hydroxyl groups is 12. The molecule has 2 amide bonds. The fourth-order valence-corrected chi connectivity index (χ4v) is 12.1. The number of carbonyl (C=O) groups is 2. The standard InChI is InChI=1S/C65H124N2O20/c1-4-6-8-10-12-14-16-18-20-21-22-23-24-26-28-30-32-34-36-38-40-48(73)62(81)67-46(53(74)47(72)39-37-35-33-31-29-27-25-19-17-15-13-11-9-7-5-2)44-82-65-61(87-64-59(80)58(79)55(76)50(42-69)84-64)60(56(77)51(43-70)85-65)86-63-52(66-45(3)71)57(78)54(75)49(41-68)83-63/h46-61,63-65,68-70,72-80H,4-44H2,1-3H3,(H,66,71)(H,67,81)/t46-,47+,48+,49+,50+,51+,52+,53-,54-,55-,56-,57+,58-,59+,60-,61+,63+,64+,65-/m0/s1. The summed E-state index contributed by atoms with van der Waals surface area (Å²) in [7, 11) is 0. The molecule has 22 nitrogen and oxygen atoms in total. The lowest BCUT2D eigenvalue weighted by atomic mass is 9.95. The lowest BCUT2D eigenvalue weighted by Crippen LogP contribution is -2.69. The van der Waals surface area contributed by atoms with Gasteiger partial charge in [-0.25, -0.2) is 0 Å². The minimum absolute atomic E-state index is 0.123. The molecule has 3 aliphatic heterocycles. The second-order valence-corrected chi connectivity index (χ2v) is 25.3. The Morgan fingerprint density at radius 2 is 0.782 bits per heavy atom. The molecule has 0 aromatic heterocycles. The van der Waals surface area contributed by atoms with Gasteiger partial charge in [0.05, 0.1) is 38.6 Å². The summed E-state index contributed by atoms with van der Waals surface area (Å²) in [5.41, 5.74) is 0. The Bertz CT molecular complexity index is 1690. The highest BCUT2D eigenvalue weighted by molar-refractivity contribution is 5.80. The first-order valence-electron chi connectivity index (χ1n) is 34.5. The first-order chi connectivity index (χ1) is 42.0. The molecule has 0 aromatic rings. The summed E-state index contributed by atoms with van der Waals surface area (Å²) in [5, 5.41) is 136. The predicted octanol–water partition coefficient (Wildman–Crippen LogP) is 5.64. The fraction of sp³-hybridized carbons (Fsp3) is 0.969. The molecule has 14 N–H and O–H groups in total. The van der Waals surface area contributed by atoms with Crippen LogP contribution in [0.2, 0.25) is 0 Å². The predicted molar refractivity (Wildman–Crippen MR) is 329 cm³/mol. The molecule has 3 saturated heterocycles. The third-order valence-corrected chi connectivity index (χ3v) is 17.8. The number of rotatable bonds is 52. The zero-order valence-electron chi connectivity index (χ0n) is 53.6. The number of ether oxygens (including phenoxy) is 6. The molecule has 3 aliphatic rings. The first kappa shape index (κ1) is 79.5. The van der Waals surface area contributed by atoms with Gasteiger partial charge in [-0.15, -0.1) is 0 Å². The lowest BCUT2D eigenvalue weighted by Gasteiger charge is -2.49. The Morgan fingerprint density at radius 3 is 1.20 bits per heavy atom. The van der Waals surface area contributed by atoms with E-state index in [1.165, 1.54) is 154 Å². The van der Waals surface area contributed by atoms with Gasteiger partial charge in [-0.2, -0.15) is 0 Å². The molecule has 19 atom stereocenters. The minimum Gasteiger partial charge on any atom is -0.394 e. The van der Waals surface area contributed by atoms with Gasteiger partial charge in [-0.1, -0.05) is 239 Å². The van der Waals surface area contributed by atoms with Gasteiger partial charge >= 0.3 is 0 Å². The number of carbonyl (C=O) groups excluding carboxylic acids is 2. The summed E-state index contributed by atoms with van der Waals surface area (Å²) in [4.78, 5) is 26.2. The average molecular weight is 1250 g/mol. The van der Waals surface area contributed by atoms with E-state index in [0.717, 1.165) is 64.7 Å². The zero-order valence-corrected chi connectivity index (χ0v) is 53.6. The fourth-order valence-electron chi connectivity index (χ4n) is 12.1. The van der Waals surface area contributed by atoms with Crippen LogP contribution in [-0.2, 0) is 38.0 Å². The molecular formula is C65H124N2O20. The van der Waals surface area contributed by atoms with Gasteiger partial charge in [0, 0.05) is 6.92 Å². The molecule has 0 aliphatic carbocycles. The van der Waals surface area contributed by atoms with E-state index in [2.05, 4.69) is 24.5 Å². The quantitative estimate of drug-likeness (QED) is 0.0328. The Morgan fingerprint density at radius 1 is 0.425 bits per heavy atom. The molecular weight excluding hydrogens is 1130 g/mol. The van der Waals surface area contributed by atoms with E-state index in [0.29, 0.717) is 12.8 Å². The number of hydrogen-bond acceptors (Lipinski definition) is 20. The van der Waals surface area contributed by atoms with E-state index in [-0.39, 0.29) is 12.8 Å². The van der Waals surface area contributed by atoms with Gasteiger partial charge in [0.25, 0.3) is 0 Å². The molecule has 0 aromatic carbocycles. The van der Waals surface area contributed by atoms with E-state index < -0.39 is 155 Å². The molecule has 3 fully saturated rings. The van der Waals surface area contributed by atoms with Crippen LogP contribution in [0.5, 0.6) is 0 Å². The SMILES string of the molecule is CCCCCCCCCCCCCCCCCCCCCC[C@@H](O)C(=O)N[C@@H](CO[C@H]1O[C@H](CO)[C@H](O)[C@H](O[C@H]2O[C@H](CO)[C@H](O)[C@H](O)[C@H]2NC(C)=O)[C@H]1O[C@H]1O[C@H](CO)[C@H](O)[C@H](O)[C@H]1O)[C@H](O)[C@H](O)CCCCCCCCCCCCCCCCC. The Hall–Kier alpha value is -1.78. The van der Waals surface area contributed by atoms with Crippen LogP contribution in [0.4, 0.5) is 0 Å². The largest absolute Gasteiger partial charge is 0.394 e. The van der Waals surface area contributed by atoms with Gasteiger partial charge in [-0.3, -0.25) is 9.59 Å². The van der Waals surface area contributed by atoms with Crippen molar-refractivity contribution in [1.29, 1.82) is 0 Å². The second-order valence-electron chi connectivity index (χ2n) is 25.3. The van der Waals surface area contributed by atoms with Crippen LogP contribution >= 0.6 is 0 Å². The molecule has 22 heteroatoms. The van der Waals surface area contributed by atoms with E-state index in [9.17, 15) is 70.9 Å². The van der Waals surface area contributed by atoms with Crippen molar-refractivity contribution in [2.24, 2.45) is 0 Å². The van der Waals surface area contributed by atoms with Crippen LogP contribution in [0.25, 0.3) is 0 Å². The van der Waals surface area contributed by atoms with Crippen molar-refractivity contribution < 1.29 is 99.3 Å². The average Bonchev–Trinajstić information content (AvgIpc) is 1.80. The zero-order chi connectivity index (χ0) is 63.8. The van der Waals surface area contributed by atoms with Crippen molar-refractivity contribution in [1.82, 2.24) is 10.6 Å². The number of unbranched alkanes of at least 4 members (excludes halogenated alkanes) is 33. The van der Waals surface area contributed by atoms with E-state index >= 15 is 0 Å². The maximum atomic E-state index is 13.8. The van der Waals surface area contributed by atoms with Crippen molar-refractivity contribution >= 4 is 11.8 Å². The second kappa shape index (κ2) is 48.0. The summed E-state index contributed by atoms with van der Waals surface area (Å²) in [6.45, 7) is 2.30. The Labute approximate surface area is 521 Å². The van der Waals surface area contributed by atoms with E-state index in [1.807, 2.05) is 0 Å². The molecule has 3 rings (SSSR count). The minimum atomic E-state index is -2.03. The van der Waals surface area contributed by atoms with Crippen LogP contribution < -0.4 is 10.6 Å². The monoisotopic (exact) mass is 1250 g/mol. The topological polar surface area (TPSA) is 356 Å². The molecule has 0 saturated carbocycles.